The number of halogens is 3. The van der Waals surface area contributed by atoms with Gasteiger partial charge in [0, 0.05) is 12.1 Å². The molecule has 8 nitrogen and oxygen atoms in total. The number of alkyl halides is 3. The van der Waals surface area contributed by atoms with E-state index in [0.29, 0.717) is 11.3 Å². The lowest BCUT2D eigenvalue weighted by atomic mass is 10.1. The first-order chi connectivity index (χ1) is 11.7. The van der Waals surface area contributed by atoms with Crippen molar-refractivity contribution in [2.75, 3.05) is 0 Å². The van der Waals surface area contributed by atoms with Gasteiger partial charge in [-0.1, -0.05) is 12.1 Å². The molecular formula is C14H13F3N6O2. The summed E-state index contributed by atoms with van der Waals surface area (Å²) in [7, 11) is 0. The number of nitrogens with zero attached hydrogens (tertiary/aromatic N) is 6. The zero-order valence-electron chi connectivity index (χ0n) is 13.0. The van der Waals surface area contributed by atoms with Crippen LogP contribution in [0.25, 0.3) is 5.69 Å². The minimum atomic E-state index is -5.01. The Hall–Kier alpha value is -2.82. The average Bonchev–Trinajstić information content (AvgIpc) is 3.16. The predicted molar refractivity (Wildman–Crippen MR) is 78.4 cm³/mol. The van der Waals surface area contributed by atoms with E-state index in [-0.39, 0.29) is 17.1 Å². The van der Waals surface area contributed by atoms with Crippen molar-refractivity contribution < 1.29 is 23.1 Å². The number of hydrogen-bond donors (Lipinski definition) is 1. The Bertz CT molecular complexity index is 803. The number of carbonyl (C=O) groups excluding carboxylic acids is 1. The topological polar surface area (TPSA) is 96.5 Å². The number of benzene rings is 1. The highest BCUT2D eigenvalue weighted by molar-refractivity contribution is 5.89. The molecule has 1 unspecified atom stereocenters. The van der Waals surface area contributed by atoms with E-state index in [1.807, 2.05) is 0 Å². The zero-order valence-corrected chi connectivity index (χ0v) is 13.0. The third kappa shape index (κ3) is 3.09. The van der Waals surface area contributed by atoms with Crippen LogP contribution in [-0.4, -0.2) is 53.8 Å². The van der Waals surface area contributed by atoms with Gasteiger partial charge in [-0.25, -0.2) is 4.68 Å². The SMILES string of the molecule is CC1=NN(C(=O)Cc2ccc(-n3cnnn3)cc2)C(O)(C(F)(F)F)C1. The summed E-state index contributed by atoms with van der Waals surface area (Å²) in [6.07, 6.45) is -4.73. The standard InChI is InChI=1S/C14H13F3N6O2/c1-9-7-13(25,14(15,16)17)23(19-9)12(24)6-10-2-4-11(5-3-10)22-8-18-20-21-22/h2-5,8,25H,6-7H2,1H3. The molecule has 1 aliphatic rings. The van der Waals surface area contributed by atoms with Gasteiger partial charge in [0.25, 0.3) is 5.72 Å². The normalized spacial score (nSPS) is 20.7. The minimum Gasteiger partial charge on any atom is -0.362 e. The van der Waals surface area contributed by atoms with Crippen LogP contribution < -0.4 is 0 Å². The van der Waals surface area contributed by atoms with Crippen LogP contribution in [0.1, 0.15) is 18.9 Å². The maximum Gasteiger partial charge on any atom is 0.438 e. The summed E-state index contributed by atoms with van der Waals surface area (Å²) in [5.41, 5.74) is -2.18. The number of aromatic nitrogens is 4. The number of carbonyl (C=O) groups is 1. The summed E-state index contributed by atoms with van der Waals surface area (Å²) in [4.78, 5) is 12.3. The van der Waals surface area contributed by atoms with E-state index in [1.165, 1.54) is 17.9 Å². The van der Waals surface area contributed by atoms with Crippen LogP contribution in [0.3, 0.4) is 0 Å². The molecular weight excluding hydrogens is 341 g/mol. The number of tetrazole rings is 1. The number of hydrazone groups is 1. The molecule has 2 aromatic rings. The average molecular weight is 354 g/mol. The fraction of sp³-hybridized carbons (Fsp3) is 0.357. The smallest absolute Gasteiger partial charge is 0.362 e. The molecule has 0 radical (unpaired) electrons. The molecule has 0 bridgehead atoms. The molecule has 0 saturated heterocycles. The van der Waals surface area contributed by atoms with E-state index in [4.69, 9.17) is 0 Å². The molecule has 1 amide bonds. The number of rotatable bonds is 3. The van der Waals surface area contributed by atoms with Crippen molar-refractivity contribution >= 4 is 11.6 Å². The maximum absolute atomic E-state index is 13.1. The Morgan fingerprint density at radius 3 is 2.56 bits per heavy atom. The molecule has 3 rings (SSSR count). The molecule has 132 valence electrons. The van der Waals surface area contributed by atoms with Crippen molar-refractivity contribution in [3.8, 4) is 5.69 Å². The van der Waals surface area contributed by atoms with Crippen LogP contribution in [0, 0.1) is 0 Å². The number of hydrogen-bond acceptors (Lipinski definition) is 6. The van der Waals surface area contributed by atoms with Gasteiger partial charge in [-0.2, -0.15) is 23.3 Å². The Morgan fingerprint density at radius 1 is 1.32 bits per heavy atom. The van der Waals surface area contributed by atoms with Gasteiger partial charge in [-0.15, -0.1) is 5.10 Å². The summed E-state index contributed by atoms with van der Waals surface area (Å²) in [6, 6.07) is 6.36. The van der Waals surface area contributed by atoms with Gasteiger partial charge >= 0.3 is 6.18 Å². The Morgan fingerprint density at radius 2 is 2.00 bits per heavy atom. The van der Waals surface area contributed by atoms with E-state index in [0.717, 1.165) is 0 Å². The van der Waals surface area contributed by atoms with Crippen molar-refractivity contribution in [3.05, 3.63) is 36.2 Å². The summed E-state index contributed by atoms with van der Waals surface area (Å²) in [5, 5.41) is 24.3. The summed E-state index contributed by atoms with van der Waals surface area (Å²) < 4.78 is 40.8. The lowest BCUT2D eigenvalue weighted by molar-refractivity contribution is -0.302. The summed E-state index contributed by atoms with van der Waals surface area (Å²) in [5.74, 6) is -0.952. The fourth-order valence-corrected chi connectivity index (χ4v) is 2.50. The second-order valence-corrected chi connectivity index (χ2v) is 5.63. The highest BCUT2D eigenvalue weighted by Crippen LogP contribution is 2.40. The molecule has 1 atom stereocenters. The molecule has 11 heteroatoms. The van der Waals surface area contributed by atoms with E-state index >= 15 is 0 Å². The maximum atomic E-state index is 13.1. The van der Waals surface area contributed by atoms with Gasteiger partial charge in [-0.05, 0) is 35.0 Å². The highest BCUT2D eigenvalue weighted by Gasteiger charge is 2.62. The molecule has 0 spiro atoms. The quantitative estimate of drug-likeness (QED) is 0.889. The monoisotopic (exact) mass is 354 g/mol. The molecule has 1 aromatic carbocycles. The van der Waals surface area contributed by atoms with Gasteiger partial charge < -0.3 is 5.11 Å². The van der Waals surface area contributed by atoms with Crippen LogP contribution in [0.2, 0.25) is 0 Å². The fourth-order valence-electron chi connectivity index (χ4n) is 2.50. The molecule has 0 saturated carbocycles. The lowest BCUT2D eigenvalue weighted by Gasteiger charge is -2.32. The Labute approximate surface area is 139 Å². The molecule has 0 fully saturated rings. The lowest BCUT2D eigenvalue weighted by Crippen LogP contribution is -2.57. The van der Waals surface area contributed by atoms with Gasteiger partial charge in [0.15, 0.2) is 0 Å². The van der Waals surface area contributed by atoms with Gasteiger partial charge in [0.1, 0.15) is 6.33 Å². The number of aliphatic hydroxyl groups is 1. The molecule has 1 aromatic heterocycles. The van der Waals surface area contributed by atoms with Gasteiger partial charge in [0.2, 0.25) is 5.91 Å². The Balaban J connectivity index is 1.77. The van der Waals surface area contributed by atoms with Crippen LogP contribution in [-0.2, 0) is 11.2 Å². The molecule has 2 heterocycles. The van der Waals surface area contributed by atoms with Crippen LogP contribution >= 0.6 is 0 Å². The predicted octanol–water partition coefficient (Wildman–Crippen LogP) is 1.06. The zero-order chi connectivity index (χ0) is 18.2. The Kier molecular flexibility index (Phi) is 4.03. The molecule has 0 aliphatic carbocycles. The van der Waals surface area contributed by atoms with Gasteiger partial charge in [-0.3, -0.25) is 4.79 Å². The van der Waals surface area contributed by atoms with Crippen molar-refractivity contribution in [2.24, 2.45) is 5.10 Å². The third-order valence-electron chi connectivity index (χ3n) is 3.72. The van der Waals surface area contributed by atoms with E-state index in [9.17, 15) is 23.1 Å². The third-order valence-corrected chi connectivity index (χ3v) is 3.72. The molecule has 1 N–H and O–H groups in total. The van der Waals surface area contributed by atoms with E-state index in [2.05, 4.69) is 20.6 Å². The van der Waals surface area contributed by atoms with Crippen LogP contribution in [0.5, 0.6) is 0 Å². The van der Waals surface area contributed by atoms with Gasteiger partial charge in [0.05, 0.1) is 12.1 Å². The first-order valence-electron chi connectivity index (χ1n) is 7.19. The van der Waals surface area contributed by atoms with Crippen LogP contribution in [0.15, 0.2) is 35.7 Å². The first kappa shape index (κ1) is 17.0. The molecule has 25 heavy (non-hydrogen) atoms. The van der Waals surface area contributed by atoms with Crippen molar-refractivity contribution in [3.63, 3.8) is 0 Å². The summed E-state index contributed by atoms with van der Waals surface area (Å²) in [6.45, 7) is 1.32. The van der Waals surface area contributed by atoms with Crippen molar-refractivity contribution in [1.29, 1.82) is 0 Å². The largest absolute Gasteiger partial charge is 0.438 e. The molecule has 1 aliphatic heterocycles. The van der Waals surface area contributed by atoms with E-state index in [1.54, 1.807) is 24.3 Å². The minimum absolute atomic E-state index is 0.0298. The first-order valence-corrected chi connectivity index (χ1v) is 7.19. The number of amides is 1. The van der Waals surface area contributed by atoms with Crippen molar-refractivity contribution in [1.82, 2.24) is 25.2 Å². The van der Waals surface area contributed by atoms with Crippen molar-refractivity contribution in [2.45, 2.75) is 31.7 Å². The van der Waals surface area contributed by atoms with Crippen LogP contribution in [0.4, 0.5) is 13.2 Å². The highest BCUT2D eigenvalue weighted by atomic mass is 19.4. The summed E-state index contributed by atoms with van der Waals surface area (Å²) >= 11 is 0. The second kappa shape index (κ2) is 5.92. The second-order valence-electron chi connectivity index (χ2n) is 5.63. The van der Waals surface area contributed by atoms with E-state index < -0.39 is 24.2 Å².